The normalized spacial score (nSPS) is 14.2. The van der Waals surface area contributed by atoms with Gasteiger partial charge >= 0.3 is 0 Å². The molecule has 0 atom stereocenters. The first-order chi connectivity index (χ1) is 19.4. The van der Waals surface area contributed by atoms with E-state index in [1.165, 1.54) is 23.5 Å². The van der Waals surface area contributed by atoms with Gasteiger partial charge < -0.3 is 14.5 Å². The number of aromatic nitrogens is 2. The lowest BCUT2D eigenvalue weighted by molar-refractivity contribution is -0.127. The first kappa shape index (κ1) is 29.4. The van der Waals surface area contributed by atoms with E-state index in [2.05, 4.69) is 20.8 Å². The van der Waals surface area contributed by atoms with Crippen molar-refractivity contribution < 1.29 is 23.9 Å². The van der Waals surface area contributed by atoms with Crippen LogP contribution in [0.1, 0.15) is 31.2 Å². The second-order valence-corrected chi connectivity index (χ2v) is 11.3. The number of H-pyrrole nitrogens is 1. The fourth-order valence-electron chi connectivity index (χ4n) is 3.89. The molecular formula is C27H29N5O5S3. The number of hydrazine groups is 1. The highest BCUT2D eigenvalue weighted by Crippen LogP contribution is 2.34. The molecule has 1 aliphatic heterocycles. The Labute approximate surface area is 245 Å². The number of thiocarbonyl (C=S) groups is 1. The number of ether oxygens (including phenoxy) is 2. The molecule has 40 heavy (non-hydrogen) atoms. The van der Waals surface area contributed by atoms with Gasteiger partial charge in [-0.3, -0.25) is 30.1 Å². The average Bonchev–Trinajstić information content (AvgIpc) is 3.50. The quantitative estimate of drug-likeness (QED) is 0.0920. The molecule has 1 aliphatic rings. The lowest BCUT2D eigenvalue weighted by Crippen LogP contribution is -2.42. The number of carbonyl (C=O) groups is 3. The van der Waals surface area contributed by atoms with Gasteiger partial charge in [0.2, 0.25) is 11.8 Å². The van der Waals surface area contributed by atoms with E-state index < -0.39 is 0 Å². The van der Waals surface area contributed by atoms with Crippen LogP contribution < -0.4 is 20.3 Å². The Morgan fingerprint density at radius 3 is 2.62 bits per heavy atom. The maximum absolute atomic E-state index is 12.9. The second-order valence-electron chi connectivity index (χ2n) is 8.70. The lowest BCUT2D eigenvalue weighted by Gasteiger charge is -2.14. The highest BCUT2D eigenvalue weighted by molar-refractivity contribution is 8.26. The average molecular weight is 600 g/mol. The highest BCUT2D eigenvalue weighted by atomic mass is 32.2. The molecule has 3 N–H and O–H groups in total. The summed E-state index contributed by atoms with van der Waals surface area (Å²) in [6.07, 6.45) is 4.09. The SMILES string of the molecule is COc1ccc(/C=C2\SC(=S)N(CCCCCC(=O)NNC(=O)CSc3nc4ccccc4[nH]3)C2=O)cc1OC. The number of thioether (sulfide) groups is 2. The van der Waals surface area contributed by atoms with E-state index in [-0.39, 0.29) is 29.9 Å². The minimum absolute atomic E-state index is 0.115. The number of carbonyl (C=O) groups excluding carboxylic acids is 3. The van der Waals surface area contributed by atoms with E-state index in [0.717, 1.165) is 23.0 Å². The van der Waals surface area contributed by atoms with Crippen LogP contribution in [-0.2, 0) is 14.4 Å². The molecule has 3 amide bonds. The van der Waals surface area contributed by atoms with E-state index in [0.29, 0.717) is 45.3 Å². The Bertz CT molecular complexity index is 1410. The minimum Gasteiger partial charge on any atom is -0.493 e. The number of methoxy groups -OCH3 is 2. The summed E-state index contributed by atoms with van der Waals surface area (Å²) in [6, 6.07) is 13.1. The molecule has 1 fully saturated rings. The molecule has 0 aliphatic carbocycles. The summed E-state index contributed by atoms with van der Waals surface area (Å²) in [5.41, 5.74) is 7.41. The van der Waals surface area contributed by atoms with Crippen molar-refractivity contribution in [1.29, 1.82) is 0 Å². The van der Waals surface area contributed by atoms with Crippen LogP contribution in [0.15, 0.2) is 52.5 Å². The molecule has 0 saturated carbocycles. The molecule has 10 nitrogen and oxygen atoms in total. The van der Waals surface area contributed by atoms with E-state index >= 15 is 0 Å². The van der Waals surface area contributed by atoms with Gasteiger partial charge in [-0.15, -0.1) is 0 Å². The zero-order chi connectivity index (χ0) is 28.5. The van der Waals surface area contributed by atoms with Crippen LogP contribution >= 0.6 is 35.7 Å². The van der Waals surface area contributed by atoms with Crippen molar-refractivity contribution >= 4 is 74.9 Å². The highest BCUT2D eigenvalue weighted by Gasteiger charge is 2.31. The van der Waals surface area contributed by atoms with Gasteiger partial charge in [0.15, 0.2) is 16.7 Å². The smallest absolute Gasteiger partial charge is 0.266 e. The fourth-order valence-corrected chi connectivity index (χ4v) is 5.88. The second kappa shape index (κ2) is 14.2. The van der Waals surface area contributed by atoms with Gasteiger partial charge in [-0.05, 0) is 48.7 Å². The van der Waals surface area contributed by atoms with Crippen LogP contribution in [0.4, 0.5) is 0 Å². The Hall–Kier alpha value is -3.55. The number of aromatic amines is 1. The predicted molar refractivity (Wildman–Crippen MR) is 161 cm³/mol. The number of hydrogen-bond acceptors (Lipinski definition) is 9. The molecule has 0 radical (unpaired) electrons. The molecular weight excluding hydrogens is 571 g/mol. The number of para-hydroxylation sites is 2. The summed E-state index contributed by atoms with van der Waals surface area (Å²) in [5.74, 6) is 0.577. The van der Waals surface area contributed by atoms with Crippen molar-refractivity contribution in [2.24, 2.45) is 0 Å². The van der Waals surface area contributed by atoms with Crippen molar-refractivity contribution in [2.75, 3.05) is 26.5 Å². The number of hydrogen-bond donors (Lipinski definition) is 3. The number of fused-ring (bicyclic) bond motifs is 1. The van der Waals surface area contributed by atoms with Crippen molar-refractivity contribution in [3.63, 3.8) is 0 Å². The van der Waals surface area contributed by atoms with Gasteiger partial charge in [0.1, 0.15) is 4.32 Å². The van der Waals surface area contributed by atoms with E-state index in [1.54, 1.807) is 37.3 Å². The molecule has 0 bridgehead atoms. The Morgan fingerprint density at radius 1 is 1.07 bits per heavy atom. The Morgan fingerprint density at radius 2 is 1.85 bits per heavy atom. The summed E-state index contributed by atoms with van der Waals surface area (Å²) in [7, 11) is 3.13. The number of unbranched alkanes of at least 4 members (excludes halogenated alkanes) is 2. The molecule has 0 unspecified atom stereocenters. The molecule has 13 heteroatoms. The van der Waals surface area contributed by atoms with E-state index in [4.69, 9.17) is 21.7 Å². The van der Waals surface area contributed by atoms with Crippen LogP contribution in [0.5, 0.6) is 11.5 Å². The van der Waals surface area contributed by atoms with Crippen LogP contribution in [0.3, 0.4) is 0 Å². The first-order valence-electron chi connectivity index (χ1n) is 12.5. The third-order valence-corrected chi connectivity index (χ3v) is 8.16. The molecule has 2 heterocycles. The predicted octanol–water partition coefficient (Wildman–Crippen LogP) is 4.28. The number of rotatable bonds is 12. The summed E-state index contributed by atoms with van der Waals surface area (Å²) in [6.45, 7) is 0.477. The molecule has 1 saturated heterocycles. The summed E-state index contributed by atoms with van der Waals surface area (Å²) in [4.78, 5) is 46.7. The van der Waals surface area contributed by atoms with Gasteiger partial charge in [0.05, 0.1) is 35.9 Å². The Kier molecular flexibility index (Phi) is 10.4. The summed E-state index contributed by atoms with van der Waals surface area (Å²) >= 11 is 7.94. The molecule has 210 valence electrons. The first-order valence-corrected chi connectivity index (χ1v) is 14.7. The van der Waals surface area contributed by atoms with Gasteiger partial charge in [-0.2, -0.15) is 0 Å². The maximum Gasteiger partial charge on any atom is 0.266 e. The molecule has 1 aromatic heterocycles. The van der Waals surface area contributed by atoms with Crippen molar-refractivity contribution in [3.8, 4) is 11.5 Å². The largest absolute Gasteiger partial charge is 0.493 e. The summed E-state index contributed by atoms with van der Waals surface area (Å²) < 4.78 is 11.1. The number of imidazole rings is 1. The fraction of sp³-hybridized carbons (Fsp3) is 0.296. The third-order valence-electron chi connectivity index (χ3n) is 5.91. The van der Waals surface area contributed by atoms with Crippen LogP contribution in [0.25, 0.3) is 17.1 Å². The molecule has 3 aromatic rings. The zero-order valence-corrected chi connectivity index (χ0v) is 24.5. The van der Waals surface area contributed by atoms with Gasteiger partial charge in [-0.25, -0.2) is 4.98 Å². The van der Waals surface area contributed by atoms with Gasteiger partial charge in [-0.1, -0.05) is 60.4 Å². The van der Waals surface area contributed by atoms with Crippen LogP contribution in [0.2, 0.25) is 0 Å². The monoisotopic (exact) mass is 599 g/mol. The topological polar surface area (TPSA) is 126 Å². The molecule has 4 rings (SSSR count). The lowest BCUT2D eigenvalue weighted by atomic mass is 10.1. The van der Waals surface area contributed by atoms with E-state index in [9.17, 15) is 14.4 Å². The van der Waals surface area contributed by atoms with Crippen molar-refractivity contribution in [2.45, 2.75) is 30.8 Å². The van der Waals surface area contributed by atoms with E-state index in [1.807, 2.05) is 30.3 Å². The third kappa shape index (κ3) is 7.77. The zero-order valence-electron chi connectivity index (χ0n) is 22.0. The van der Waals surface area contributed by atoms with Crippen LogP contribution in [0, 0.1) is 0 Å². The van der Waals surface area contributed by atoms with Gasteiger partial charge in [0.25, 0.3) is 5.91 Å². The number of benzene rings is 2. The summed E-state index contributed by atoms with van der Waals surface area (Å²) in [5, 5.41) is 0.639. The molecule has 2 aromatic carbocycles. The Balaban J connectivity index is 1.13. The number of amides is 3. The number of nitrogens with zero attached hydrogens (tertiary/aromatic N) is 2. The van der Waals surface area contributed by atoms with Gasteiger partial charge in [0, 0.05) is 13.0 Å². The minimum atomic E-state index is -0.325. The van der Waals surface area contributed by atoms with Crippen molar-refractivity contribution in [1.82, 2.24) is 25.7 Å². The standard InChI is InChI=1S/C27H29N5O5S3/c1-36-20-12-11-17(14-21(20)37-2)15-22-25(35)32(27(38)40-22)13-7-3-4-10-23(33)30-31-24(34)16-39-26-28-18-8-5-6-9-19(18)29-26/h5-6,8-9,11-12,14-15H,3-4,7,10,13,16H2,1-2H3,(H,28,29)(H,30,33)(H,31,34)/b22-15-. The van der Waals surface area contributed by atoms with Crippen LogP contribution in [-0.4, -0.2) is 63.4 Å². The maximum atomic E-state index is 12.9. The number of nitrogens with one attached hydrogen (secondary N) is 3. The van der Waals surface area contributed by atoms with Crippen molar-refractivity contribution in [3.05, 3.63) is 52.9 Å². The molecule has 0 spiro atoms.